The second-order valence-corrected chi connectivity index (χ2v) is 10.9. The van der Waals surface area contributed by atoms with Gasteiger partial charge in [-0.25, -0.2) is 0 Å². The summed E-state index contributed by atoms with van der Waals surface area (Å²) in [6.07, 6.45) is 41.5. The highest BCUT2D eigenvalue weighted by Crippen LogP contribution is 2.13. The van der Waals surface area contributed by atoms with Crippen molar-refractivity contribution in [3.63, 3.8) is 0 Å². The normalized spacial score (nSPS) is 12.9. The maximum absolute atomic E-state index is 12.0. The number of hydrogen-bond donors (Lipinski definition) is 1. The van der Waals surface area contributed by atoms with Crippen LogP contribution in [0.2, 0.25) is 0 Å². The van der Waals surface area contributed by atoms with Crippen LogP contribution < -0.4 is 0 Å². The van der Waals surface area contributed by atoms with Gasteiger partial charge in [-0.2, -0.15) is 0 Å². The Bertz CT molecular complexity index is 762. The molecule has 0 saturated carbocycles. The topological polar surface area (TPSA) is 72.8 Å². The summed E-state index contributed by atoms with van der Waals surface area (Å²) >= 11 is 0. The average Bonchev–Trinajstić information content (AvgIpc) is 2.99. The molecule has 0 aromatic heterocycles. The van der Waals surface area contributed by atoms with Crippen molar-refractivity contribution in [2.24, 2.45) is 0 Å². The molecular weight excluding hydrogens is 524 g/mol. The van der Waals surface area contributed by atoms with Gasteiger partial charge in [-0.3, -0.25) is 9.59 Å². The molecule has 0 fully saturated rings. The lowest BCUT2D eigenvalue weighted by molar-refractivity contribution is -0.160. The lowest BCUT2D eigenvalue weighted by Gasteiger charge is -2.15. The molecule has 1 unspecified atom stereocenters. The fourth-order valence-electron chi connectivity index (χ4n) is 4.33. The van der Waals surface area contributed by atoms with Gasteiger partial charge in [0.25, 0.3) is 0 Å². The first-order valence-corrected chi connectivity index (χ1v) is 16.8. The van der Waals surface area contributed by atoms with Crippen molar-refractivity contribution in [2.45, 2.75) is 148 Å². The first kappa shape index (κ1) is 39.6. The summed E-state index contributed by atoms with van der Waals surface area (Å²) in [5, 5.41) is 9.48. The monoisotopic (exact) mass is 586 g/mol. The number of hydrogen-bond acceptors (Lipinski definition) is 5. The number of carbonyl (C=O) groups is 2. The van der Waals surface area contributed by atoms with Gasteiger partial charge in [0.2, 0.25) is 0 Å². The largest absolute Gasteiger partial charge is 0.462 e. The number of ether oxygens (including phenoxy) is 2. The summed E-state index contributed by atoms with van der Waals surface area (Å²) in [6.45, 7) is 3.91. The average molecular weight is 587 g/mol. The van der Waals surface area contributed by atoms with Crippen LogP contribution in [0.3, 0.4) is 0 Å². The van der Waals surface area contributed by atoms with Gasteiger partial charge in [0.05, 0.1) is 13.0 Å². The van der Waals surface area contributed by atoms with Crippen LogP contribution in [0.4, 0.5) is 0 Å². The highest BCUT2D eigenvalue weighted by atomic mass is 16.6. The molecular formula is C37H62O5. The lowest BCUT2D eigenvalue weighted by Crippen LogP contribution is -2.28. The highest BCUT2D eigenvalue weighted by Gasteiger charge is 2.15. The Morgan fingerprint density at radius 2 is 1.00 bits per heavy atom. The molecule has 0 amide bonds. The number of rotatable bonds is 29. The Balaban J connectivity index is 3.74. The molecule has 240 valence electrons. The Morgan fingerprint density at radius 1 is 0.571 bits per heavy atom. The summed E-state index contributed by atoms with van der Waals surface area (Å²) in [4.78, 5) is 24.0. The number of aliphatic hydroxyl groups excluding tert-OH is 1. The third-order valence-electron chi connectivity index (χ3n) is 6.86. The third kappa shape index (κ3) is 30.6. The second kappa shape index (κ2) is 33.1. The van der Waals surface area contributed by atoms with Gasteiger partial charge in [0.1, 0.15) is 6.61 Å². The van der Waals surface area contributed by atoms with Crippen LogP contribution in [0.15, 0.2) is 60.8 Å². The molecule has 0 aromatic rings. The quantitative estimate of drug-likeness (QED) is 0.0536. The molecule has 0 radical (unpaired) electrons. The van der Waals surface area contributed by atoms with Crippen molar-refractivity contribution in [3.8, 4) is 0 Å². The first-order valence-electron chi connectivity index (χ1n) is 16.8. The first-order chi connectivity index (χ1) is 20.6. The van der Waals surface area contributed by atoms with E-state index in [4.69, 9.17) is 9.47 Å². The fraction of sp³-hybridized carbons (Fsp3) is 0.676. The van der Waals surface area contributed by atoms with Crippen molar-refractivity contribution in [1.29, 1.82) is 0 Å². The molecule has 1 atom stereocenters. The maximum Gasteiger partial charge on any atom is 0.310 e. The predicted octanol–water partition coefficient (Wildman–Crippen LogP) is 10.1. The summed E-state index contributed by atoms with van der Waals surface area (Å²) in [5.41, 5.74) is 0. The zero-order valence-electron chi connectivity index (χ0n) is 27.0. The van der Waals surface area contributed by atoms with E-state index in [2.05, 4.69) is 62.5 Å². The van der Waals surface area contributed by atoms with Crippen LogP contribution in [-0.2, 0) is 19.1 Å². The molecule has 0 bridgehead atoms. The van der Waals surface area contributed by atoms with E-state index in [1.165, 1.54) is 64.2 Å². The van der Waals surface area contributed by atoms with Gasteiger partial charge < -0.3 is 14.6 Å². The summed E-state index contributed by atoms with van der Waals surface area (Å²) in [7, 11) is 0. The van der Waals surface area contributed by atoms with E-state index in [0.29, 0.717) is 6.42 Å². The summed E-state index contributed by atoms with van der Waals surface area (Å²) in [6, 6.07) is 0. The van der Waals surface area contributed by atoms with E-state index in [-0.39, 0.29) is 25.6 Å². The van der Waals surface area contributed by atoms with E-state index >= 15 is 0 Å². The maximum atomic E-state index is 12.0. The van der Waals surface area contributed by atoms with Crippen LogP contribution >= 0.6 is 0 Å². The molecule has 42 heavy (non-hydrogen) atoms. The molecule has 0 rings (SSSR count). The molecule has 0 aliphatic heterocycles. The zero-order valence-corrected chi connectivity index (χ0v) is 27.0. The number of allylic oxidation sites excluding steroid dienone is 9. The zero-order chi connectivity index (χ0) is 30.8. The second-order valence-electron chi connectivity index (χ2n) is 10.9. The molecule has 5 nitrogen and oxygen atoms in total. The summed E-state index contributed by atoms with van der Waals surface area (Å²) < 4.78 is 10.5. The number of carbonyl (C=O) groups excluding carboxylic acids is 2. The minimum atomic E-state index is -0.823. The third-order valence-corrected chi connectivity index (χ3v) is 6.86. The number of esters is 2. The molecule has 1 N–H and O–H groups in total. The van der Waals surface area contributed by atoms with Gasteiger partial charge >= 0.3 is 11.9 Å². The minimum Gasteiger partial charge on any atom is -0.462 e. The Labute approximate surface area is 258 Å². The van der Waals surface area contributed by atoms with E-state index in [1.54, 1.807) is 6.08 Å². The molecule has 0 aliphatic rings. The van der Waals surface area contributed by atoms with Crippen molar-refractivity contribution in [2.75, 3.05) is 13.2 Å². The minimum absolute atomic E-state index is 0.106. The molecule has 0 saturated heterocycles. The van der Waals surface area contributed by atoms with Crippen LogP contribution in [0.5, 0.6) is 0 Å². The van der Waals surface area contributed by atoms with Crippen molar-refractivity contribution >= 4 is 11.9 Å². The van der Waals surface area contributed by atoms with Crippen LogP contribution in [0, 0.1) is 0 Å². The molecule has 0 aromatic carbocycles. The SMILES string of the molecule is CC/C=C\C/C=C\C/C=C\C/C=C\C/C=C\CC(=O)OC(CO)COC(=O)CCCCCCCCCCCCCCC. The highest BCUT2D eigenvalue weighted by molar-refractivity contribution is 5.71. The van der Waals surface area contributed by atoms with Crippen LogP contribution in [0.25, 0.3) is 0 Å². The Hall–Kier alpha value is -2.40. The lowest BCUT2D eigenvalue weighted by atomic mass is 10.0. The van der Waals surface area contributed by atoms with Crippen LogP contribution in [-0.4, -0.2) is 36.4 Å². The standard InChI is InChI=1S/C37H62O5/c1-3-5-7-9-11-13-15-17-18-20-22-24-26-28-30-32-37(40)42-35(33-38)34-41-36(39)31-29-27-25-23-21-19-16-14-12-10-8-6-4-2/h5,7,11,13,17-18,22,24,28,30,35,38H,3-4,6,8-10,12,14-16,19-21,23,25-27,29,31-34H2,1-2H3/b7-5-,13-11-,18-17-,24-22-,30-28-. The van der Waals surface area contributed by atoms with E-state index in [9.17, 15) is 14.7 Å². The van der Waals surface area contributed by atoms with Crippen LogP contribution in [0.1, 0.15) is 142 Å². The molecule has 0 spiro atoms. The van der Waals surface area contributed by atoms with E-state index in [1.807, 2.05) is 6.08 Å². The van der Waals surface area contributed by atoms with Gasteiger partial charge in [0, 0.05) is 6.42 Å². The summed E-state index contributed by atoms with van der Waals surface area (Å²) in [5.74, 6) is -0.742. The van der Waals surface area contributed by atoms with Crippen molar-refractivity contribution in [1.82, 2.24) is 0 Å². The van der Waals surface area contributed by atoms with Gasteiger partial charge in [-0.05, 0) is 38.5 Å². The number of aliphatic hydroxyl groups is 1. The number of unbranched alkanes of at least 4 members (excludes halogenated alkanes) is 12. The van der Waals surface area contributed by atoms with Crippen molar-refractivity contribution < 1.29 is 24.2 Å². The molecule has 0 heterocycles. The molecule has 0 aliphatic carbocycles. The van der Waals surface area contributed by atoms with E-state index in [0.717, 1.165) is 51.4 Å². The Kier molecular flexibility index (Phi) is 31.2. The molecule has 5 heteroatoms. The van der Waals surface area contributed by atoms with Crippen molar-refractivity contribution in [3.05, 3.63) is 60.8 Å². The van der Waals surface area contributed by atoms with Gasteiger partial charge in [-0.15, -0.1) is 0 Å². The Morgan fingerprint density at radius 3 is 1.45 bits per heavy atom. The smallest absolute Gasteiger partial charge is 0.310 e. The van der Waals surface area contributed by atoms with Gasteiger partial charge in [0.15, 0.2) is 6.10 Å². The van der Waals surface area contributed by atoms with Gasteiger partial charge in [-0.1, -0.05) is 152 Å². The van der Waals surface area contributed by atoms with E-state index < -0.39 is 12.1 Å². The fourth-order valence-corrected chi connectivity index (χ4v) is 4.33. The predicted molar refractivity (Wildman–Crippen MR) is 177 cm³/mol.